The average molecular weight is 423 g/mol. The van der Waals surface area contributed by atoms with Crippen molar-refractivity contribution in [2.24, 2.45) is 5.92 Å². The standard InChI is InChI=1S/C27H38N2O2/c1-3-5-7-9-21-11-13-22(14-12-21)23-15-17-24(18-16-23)27-28-19-25(20-29-27)31-26(30)10-8-6-4-2/h15-22H,3-14H2,1-2H3. The van der Waals surface area contributed by atoms with E-state index in [2.05, 4.69) is 48.1 Å². The van der Waals surface area contributed by atoms with Crippen LogP contribution in [0.15, 0.2) is 36.7 Å². The number of carbonyl (C=O) groups is 1. The SMILES string of the molecule is CCCCCC(=O)Oc1cnc(-c2ccc(C3CCC(CCCCC)CC3)cc2)nc1. The molecule has 2 aromatic rings. The molecule has 0 radical (unpaired) electrons. The third-order valence-electron chi connectivity index (χ3n) is 6.55. The zero-order valence-electron chi connectivity index (χ0n) is 19.3. The molecule has 0 aliphatic heterocycles. The van der Waals surface area contributed by atoms with Crippen LogP contribution >= 0.6 is 0 Å². The van der Waals surface area contributed by atoms with Gasteiger partial charge in [0, 0.05) is 12.0 Å². The molecule has 168 valence electrons. The molecular weight excluding hydrogens is 384 g/mol. The number of hydrogen-bond donors (Lipinski definition) is 0. The molecule has 4 heteroatoms. The Balaban J connectivity index is 1.49. The van der Waals surface area contributed by atoms with E-state index >= 15 is 0 Å². The van der Waals surface area contributed by atoms with Gasteiger partial charge in [0.25, 0.3) is 0 Å². The lowest BCUT2D eigenvalue weighted by atomic mass is 9.77. The van der Waals surface area contributed by atoms with Gasteiger partial charge in [-0.2, -0.15) is 0 Å². The normalized spacial score (nSPS) is 18.6. The summed E-state index contributed by atoms with van der Waals surface area (Å²) in [6, 6.07) is 8.72. The third kappa shape index (κ3) is 7.45. The van der Waals surface area contributed by atoms with Crippen molar-refractivity contribution < 1.29 is 9.53 Å². The molecule has 1 aromatic carbocycles. The maximum Gasteiger partial charge on any atom is 0.311 e. The summed E-state index contributed by atoms with van der Waals surface area (Å²) in [5.41, 5.74) is 2.44. The summed E-state index contributed by atoms with van der Waals surface area (Å²) in [4.78, 5) is 20.6. The van der Waals surface area contributed by atoms with E-state index in [0.717, 1.165) is 30.7 Å². The molecule has 0 unspecified atom stereocenters. The van der Waals surface area contributed by atoms with Gasteiger partial charge >= 0.3 is 5.97 Å². The van der Waals surface area contributed by atoms with E-state index < -0.39 is 0 Å². The second-order valence-corrected chi connectivity index (χ2v) is 9.01. The van der Waals surface area contributed by atoms with Crippen LogP contribution in [0.4, 0.5) is 0 Å². The van der Waals surface area contributed by atoms with Crippen LogP contribution < -0.4 is 4.74 Å². The highest BCUT2D eigenvalue weighted by Gasteiger charge is 2.22. The minimum Gasteiger partial charge on any atom is -0.423 e. The van der Waals surface area contributed by atoms with E-state index in [1.807, 2.05) is 0 Å². The van der Waals surface area contributed by atoms with Gasteiger partial charge in [-0.3, -0.25) is 4.79 Å². The largest absolute Gasteiger partial charge is 0.423 e. The van der Waals surface area contributed by atoms with Crippen molar-refractivity contribution >= 4 is 5.97 Å². The fourth-order valence-electron chi connectivity index (χ4n) is 4.59. The van der Waals surface area contributed by atoms with Crippen LogP contribution in [0.5, 0.6) is 5.75 Å². The van der Waals surface area contributed by atoms with E-state index in [1.54, 1.807) is 12.4 Å². The zero-order valence-corrected chi connectivity index (χ0v) is 19.3. The molecule has 3 rings (SSSR count). The quantitative estimate of drug-likeness (QED) is 0.278. The molecule has 1 aliphatic rings. The number of unbranched alkanes of at least 4 members (excludes halogenated alkanes) is 4. The first-order valence-corrected chi connectivity index (χ1v) is 12.3. The van der Waals surface area contributed by atoms with Crippen molar-refractivity contribution in [2.75, 3.05) is 0 Å². The van der Waals surface area contributed by atoms with Crippen LogP contribution in [0, 0.1) is 5.92 Å². The first-order valence-electron chi connectivity index (χ1n) is 12.3. The highest BCUT2D eigenvalue weighted by molar-refractivity contribution is 5.72. The summed E-state index contributed by atoms with van der Waals surface area (Å²) in [7, 11) is 0. The van der Waals surface area contributed by atoms with Crippen LogP contribution in [0.3, 0.4) is 0 Å². The van der Waals surface area contributed by atoms with E-state index in [9.17, 15) is 4.79 Å². The van der Waals surface area contributed by atoms with Gasteiger partial charge in [0.05, 0.1) is 12.4 Å². The lowest BCUT2D eigenvalue weighted by Crippen LogP contribution is -2.13. The summed E-state index contributed by atoms with van der Waals surface area (Å²) in [5, 5.41) is 0. The van der Waals surface area contributed by atoms with E-state index in [4.69, 9.17) is 4.74 Å². The van der Waals surface area contributed by atoms with Crippen molar-refractivity contribution in [3.63, 3.8) is 0 Å². The summed E-state index contributed by atoms with van der Waals surface area (Å²) in [6.45, 7) is 4.40. The molecule has 1 saturated carbocycles. The molecule has 0 amide bonds. The summed E-state index contributed by atoms with van der Waals surface area (Å²) in [6.07, 6.45) is 17.5. The second-order valence-electron chi connectivity index (χ2n) is 9.01. The minimum atomic E-state index is -0.214. The minimum absolute atomic E-state index is 0.214. The number of nitrogens with zero attached hydrogens (tertiary/aromatic N) is 2. The molecule has 31 heavy (non-hydrogen) atoms. The van der Waals surface area contributed by atoms with E-state index in [0.29, 0.717) is 23.9 Å². The molecule has 1 fully saturated rings. The number of rotatable bonds is 11. The van der Waals surface area contributed by atoms with Crippen molar-refractivity contribution in [3.05, 3.63) is 42.2 Å². The van der Waals surface area contributed by atoms with Crippen LogP contribution in [0.1, 0.15) is 102 Å². The van der Waals surface area contributed by atoms with E-state index in [1.165, 1.54) is 56.9 Å². The number of esters is 1. The molecular formula is C27H38N2O2. The molecule has 1 heterocycles. The van der Waals surface area contributed by atoms with Crippen LogP contribution in [-0.4, -0.2) is 15.9 Å². The number of carbonyl (C=O) groups excluding carboxylic acids is 1. The second kappa shape index (κ2) is 12.6. The molecule has 0 saturated heterocycles. The zero-order chi connectivity index (χ0) is 21.9. The maximum absolute atomic E-state index is 11.8. The van der Waals surface area contributed by atoms with Crippen LogP contribution in [0.2, 0.25) is 0 Å². The van der Waals surface area contributed by atoms with Crippen LogP contribution in [-0.2, 0) is 4.79 Å². The molecule has 0 atom stereocenters. The highest BCUT2D eigenvalue weighted by Crippen LogP contribution is 2.38. The predicted octanol–water partition coefficient (Wildman–Crippen LogP) is 7.48. The molecule has 0 N–H and O–H groups in total. The van der Waals surface area contributed by atoms with Crippen molar-refractivity contribution in [1.82, 2.24) is 9.97 Å². The number of benzene rings is 1. The fraction of sp³-hybridized carbons (Fsp3) is 0.593. The Bertz CT molecular complexity index is 778. The summed E-state index contributed by atoms with van der Waals surface area (Å²) >= 11 is 0. The Morgan fingerprint density at radius 1 is 0.903 bits per heavy atom. The van der Waals surface area contributed by atoms with Crippen molar-refractivity contribution in [3.8, 4) is 17.1 Å². The maximum atomic E-state index is 11.8. The van der Waals surface area contributed by atoms with Crippen LogP contribution in [0.25, 0.3) is 11.4 Å². The van der Waals surface area contributed by atoms with Gasteiger partial charge in [-0.15, -0.1) is 0 Å². The number of ether oxygens (including phenoxy) is 1. The fourth-order valence-corrected chi connectivity index (χ4v) is 4.59. The first kappa shape index (κ1) is 23.4. The first-order chi connectivity index (χ1) is 15.2. The van der Waals surface area contributed by atoms with Crippen molar-refractivity contribution in [1.29, 1.82) is 0 Å². The van der Waals surface area contributed by atoms with Gasteiger partial charge in [-0.05, 0) is 49.5 Å². The van der Waals surface area contributed by atoms with E-state index in [-0.39, 0.29) is 5.97 Å². The Labute approximate surface area is 187 Å². The van der Waals surface area contributed by atoms with Gasteiger partial charge in [0.1, 0.15) is 0 Å². The average Bonchev–Trinajstić information content (AvgIpc) is 2.81. The molecule has 0 spiro atoms. The van der Waals surface area contributed by atoms with Gasteiger partial charge in [0.15, 0.2) is 11.6 Å². The van der Waals surface area contributed by atoms with Gasteiger partial charge < -0.3 is 4.74 Å². The van der Waals surface area contributed by atoms with Gasteiger partial charge in [0.2, 0.25) is 0 Å². The Morgan fingerprint density at radius 3 is 2.19 bits per heavy atom. The monoisotopic (exact) mass is 422 g/mol. The summed E-state index contributed by atoms with van der Waals surface area (Å²) < 4.78 is 5.33. The van der Waals surface area contributed by atoms with Crippen molar-refractivity contribution in [2.45, 2.75) is 96.8 Å². The smallest absolute Gasteiger partial charge is 0.311 e. The Kier molecular flexibility index (Phi) is 9.51. The Hall–Kier alpha value is -2.23. The molecule has 4 nitrogen and oxygen atoms in total. The highest BCUT2D eigenvalue weighted by atomic mass is 16.5. The third-order valence-corrected chi connectivity index (χ3v) is 6.55. The molecule has 1 aromatic heterocycles. The summed E-state index contributed by atoms with van der Waals surface area (Å²) in [5.74, 6) is 2.49. The lowest BCUT2D eigenvalue weighted by molar-refractivity contribution is -0.134. The molecule has 1 aliphatic carbocycles. The number of hydrogen-bond acceptors (Lipinski definition) is 4. The van der Waals surface area contributed by atoms with Gasteiger partial charge in [-0.1, -0.05) is 76.6 Å². The topological polar surface area (TPSA) is 52.1 Å². The number of aromatic nitrogens is 2. The lowest BCUT2D eigenvalue weighted by Gasteiger charge is -2.29. The van der Waals surface area contributed by atoms with Gasteiger partial charge in [-0.25, -0.2) is 9.97 Å². The predicted molar refractivity (Wildman–Crippen MR) is 126 cm³/mol. The molecule has 0 bridgehead atoms. The Morgan fingerprint density at radius 2 is 1.55 bits per heavy atom.